The molecule has 1 amide bonds. The molecule has 5 rings (SSSR count). The van der Waals surface area contributed by atoms with Gasteiger partial charge >= 0.3 is 5.97 Å². The van der Waals surface area contributed by atoms with Gasteiger partial charge in [0.1, 0.15) is 17.4 Å². The van der Waals surface area contributed by atoms with E-state index in [0.717, 1.165) is 28.8 Å². The molecule has 3 aromatic rings. The van der Waals surface area contributed by atoms with E-state index in [9.17, 15) is 9.59 Å². The lowest BCUT2D eigenvalue weighted by Gasteiger charge is -2.27. The normalized spacial score (nSPS) is 14.4. The van der Waals surface area contributed by atoms with Gasteiger partial charge in [-0.05, 0) is 30.2 Å². The molecule has 144 valence electrons. The first-order valence-electron chi connectivity index (χ1n) is 9.63. The summed E-state index contributed by atoms with van der Waals surface area (Å²) in [4.78, 5) is 27.4. The van der Waals surface area contributed by atoms with Crippen molar-refractivity contribution in [3.8, 4) is 11.5 Å². The second-order valence-corrected chi connectivity index (χ2v) is 7.14. The van der Waals surface area contributed by atoms with Crippen LogP contribution in [0.15, 0.2) is 72.8 Å². The zero-order chi connectivity index (χ0) is 19.8. The average Bonchev–Trinajstić information content (AvgIpc) is 3.20. The van der Waals surface area contributed by atoms with E-state index < -0.39 is 11.9 Å². The fraction of sp³-hybridized carbons (Fsp3) is 0.167. The number of carbonyl (C=O) groups excluding carboxylic acids is 2. The van der Waals surface area contributed by atoms with E-state index in [0.29, 0.717) is 18.0 Å². The smallest absolute Gasteiger partial charge is 0.318 e. The summed E-state index contributed by atoms with van der Waals surface area (Å²) in [6.07, 6.45) is 0.816. The zero-order valence-corrected chi connectivity index (χ0v) is 15.7. The summed E-state index contributed by atoms with van der Waals surface area (Å²) >= 11 is 0. The highest BCUT2D eigenvalue weighted by molar-refractivity contribution is 5.97. The molecule has 0 bridgehead atoms. The van der Waals surface area contributed by atoms with Gasteiger partial charge in [0.25, 0.3) is 5.91 Å². The second kappa shape index (κ2) is 7.09. The first-order chi connectivity index (χ1) is 14.2. The van der Waals surface area contributed by atoms with Crippen molar-refractivity contribution in [2.45, 2.75) is 12.3 Å². The topological polar surface area (TPSA) is 55.8 Å². The number of ether oxygens (including phenoxy) is 2. The standard InChI is InChI=1S/C24H19NO4/c26-22(25-14-13-16-7-1-4-10-19(16)25)15-28-24(27)23-17-8-2-5-11-20(17)29-21-12-6-3-9-18(21)23/h1-12,23H,13-15H2. The van der Waals surface area contributed by atoms with Crippen LogP contribution in [0.5, 0.6) is 11.5 Å². The minimum absolute atomic E-state index is 0.211. The Hall–Kier alpha value is -3.60. The summed E-state index contributed by atoms with van der Waals surface area (Å²) in [5.41, 5.74) is 3.53. The highest BCUT2D eigenvalue weighted by atomic mass is 16.5. The predicted octanol–water partition coefficient (Wildman–Crippen LogP) is 4.06. The Morgan fingerprint density at radius 2 is 1.52 bits per heavy atom. The van der Waals surface area contributed by atoms with E-state index in [1.165, 1.54) is 0 Å². The van der Waals surface area contributed by atoms with Crippen LogP contribution in [0.4, 0.5) is 5.69 Å². The summed E-state index contributed by atoms with van der Waals surface area (Å²) in [7, 11) is 0. The maximum Gasteiger partial charge on any atom is 0.318 e. The molecule has 0 saturated carbocycles. The maximum atomic E-state index is 13.0. The number of hydrogen-bond donors (Lipinski definition) is 0. The van der Waals surface area contributed by atoms with Crippen molar-refractivity contribution < 1.29 is 19.1 Å². The molecule has 2 heterocycles. The fourth-order valence-corrected chi connectivity index (χ4v) is 4.06. The number of hydrogen-bond acceptors (Lipinski definition) is 4. The molecule has 0 fully saturated rings. The van der Waals surface area contributed by atoms with Crippen molar-refractivity contribution in [2.75, 3.05) is 18.1 Å². The van der Waals surface area contributed by atoms with Gasteiger partial charge in [0.05, 0.1) is 0 Å². The molecular weight excluding hydrogens is 366 g/mol. The average molecular weight is 385 g/mol. The molecule has 3 aromatic carbocycles. The van der Waals surface area contributed by atoms with Gasteiger partial charge in [-0.3, -0.25) is 9.59 Å². The Kier molecular flexibility index (Phi) is 4.28. The largest absolute Gasteiger partial charge is 0.457 e. The molecule has 0 radical (unpaired) electrons. The highest BCUT2D eigenvalue weighted by Gasteiger charge is 2.34. The number of benzene rings is 3. The molecule has 0 saturated heterocycles. The van der Waals surface area contributed by atoms with Crippen LogP contribution >= 0.6 is 0 Å². The third kappa shape index (κ3) is 3.05. The summed E-state index contributed by atoms with van der Waals surface area (Å²) in [5, 5.41) is 0. The monoisotopic (exact) mass is 385 g/mol. The number of esters is 1. The molecule has 5 nitrogen and oxygen atoms in total. The van der Waals surface area contributed by atoms with Crippen LogP contribution in [0.25, 0.3) is 0 Å². The number of amides is 1. The van der Waals surface area contributed by atoms with Crippen molar-refractivity contribution in [1.82, 2.24) is 0 Å². The van der Waals surface area contributed by atoms with E-state index in [2.05, 4.69) is 0 Å². The molecule has 0 atom stereocenters. The van der Waals surface area contributed by atoms with Gasteiger partial charge < -0.3 is 14.4 Å². The molecule has 0 spiro atoms. The Morgan fingerprint density at radius 3 is 2.24 bits per heavy atom. The molecule has 0 aliphatic carbocycles. The minimum Gasteiger partial charge on any atom is -0.457 e. The van der Waals surface area contributed by atoms with Crippen molar-refractivity contribution in [2.24, 2.45) is 0 Å². The van der Waals surface area contributed by atoms with Gasteiger partial charge in [0.15, 0.2) is 6.61 Å². The molecule has 2 aliphatic heterocycles. The fourth-order valence-electron chi connectivity index (χ4n) is 4.06. The van der Waals surface area contributed by atoms with Crippen molar-refractivity contribution >= 4 is 17.6 Å². The molecular formula is C24H19NO4. The van der Waals surface area contributed by atoms with E-state index in [-0.39, 0.29) is 12.5 Å². The minimum atomic E-state index is -0.616. The van der Waals surface area contributed by atoms with Crippen LogP contribution in [0.1, 0.15) is 22.6 Å². The van der Waals surface area contributed by atoms with E-state index in [4.69, 9.17) is 9.47 Å². The molecule has 5 heteroatoms. The Morgan fingerprint density at radius 1 is 0.897 bits per heavy atom. The van der Waals surface area contributed by atoms with E-state index >= 15 is 0 Å². The van der Waals surface area contributed by atoms with Crippen LogP contribution in [0.2, 0.25) is 0 Å². The first kappa shape index (κ1) is 17.5. The molecule has 0 N–H and O–H groups in total. The lowest BCUT2D eigenvalue weighted by atomic mass is 9.88. The Balaban J connectivity index is 1.36. The van der Waals surface area contributed by atoms with Gasteiger partial charge in [-0.1, -0.05) is 54.6 Å². The zero-order valence-electron chi connectivity index (χ0n) is 15.7. The number of para-hydroxylation sites is 3. The van der Waals surface area contributed by atoms with Crippen molar-refractivity contribution in [3.63, 3.8) is 0 Å². The van der Waals surface area contributed by atoms with Crippen molar-refractivity contribution in [3.05, 3.63) is 89.5 Å². The van der Waals surface area contributed by atoms with Gasteiger partial charge in [0.2, 0.25) is 0 Å². The summed E-state index contributed by atoms with van der Waals surface area (Å²) in [5.74, 6) is -0.0123. The van der Waals surface area contributed by atoms with Gasteiger partial charge in [-0.15, -0.1) is 0 Å². The van der Waals surface area contributed by atoms with Crippen LogP contribution in [-0.4, -0.2) is 25.0 Å². The number of carbonyl (C=O) groups is 2. The Bertz CT molecular complexity index is 1060. The van der Waals surface area contributed by atoms with Crippen LogP contribution in [0.3, 0.4) is 0 Å². The summed E-state index contributed by atoms with van der Waals surface area (Å²) < 4.78 is 11.4. The number of rotatable bonds is 3. The quantitative estimate of drug-likeness (QED) is 0.638. The molecule has 2 aliphatic rings. The van der Waals surface area contributed by atoms with Crippen LogP contribution in [-0.2, 0) is 20.7 Å². The van der Waals surface area contributed by atoms with E-state index in [1.54, 1.807) is 4.90 Å². The molecule has 0 aromatic heterocycles. The highest BCUT2D eigenvalue weighted by Crippen LogP contribution is 2.44. The lowest BCUT2D eigenvalue weighted by Crippen LogP contribution is -2.34. The summed E-state index contributed by atoms with van der Waals surface area (Å²) in [6, 6.07) is 22.6. The first-order valence-corrected chi connectivity index (χ1v) is 9.63. The van der Waals surface area contributed by atoms with Crippen molar-refractivity contribution in [1.29, 1.82) is 0 Å². The lowest BCUT2D eigenvalue weighted by molar-refractivity contribution is -0.148. The number of nitrogens with zero attached hydrogens (tertiary/aromatic N) is 1. The third-order valence-electron chi connectivity index (χ3n) is 5.44. The summed E-state index contributed by atoms with van der Waals surface area (Å²) in [6.45, 7) is 0.327. The molecule has 0 unspecified atom stereocenters. The predicted molar refractivity (Wildman–Crippen MR) is 108 cm³/mol. The van der Waals surface area contributed by atoms with E-state index in [1.807, 2.05) is 72.8 Å². The maximum absolute atomic E-state index is 13.0. The number of anilines is 1. The second-order valence-electron chi connectivity index (χ2n) is 7.14. The molecule has 29 heavy (non-hydrogen) atoms. The SMILES string of the molecule is O=C(OCC(=O)N1CCc2ccccc21)C1c2ccccc2Oc2ccccc21. The van der Waals surface area contributed by atoms with Crippen LogP contribution in [0, 0.1) is 0 Å². The van der Waals surface area contributed by atoms with Crippen LogP contribution < -0.4 is 9.64 Å². The van der Waals surface area contributed by atoms with Gasteiger partial charge in [0, 0.05) is 23.4 Å². The van der Waals surface area contributed by atoms with Gasteiger partial charge in [-0.2, -0.15) is 0 Å². The Labute approximate surface area is 168 Å². The number of fused-ring (bicyclic) bond motifs is 3. The van der Waals surface area contributed by atoms with Gasteiger partial charge in [-0.25, -0.2) is 0 Å². The third-order valence-corrected chi connectivity index (χ3v) is 5.44.